The van der Waals surface area contributed by atoms with Crippen LogP contribution in [0.3, 0.4) is 0 Å². The van der Waals surface area contributed by atoms with E-state index in [2.05, 4.69) is 4.98 Å². The van der Waals surface area contributed by atoms with Gasteiger partial charge in [0.05, 0.1) is 6.20 Å². The number of aromatic nitrogens is 1. The predicted molar refractivity (Wildman–Crippen MR) is 35.6 cm³/mol. The van der Waals surface area contributed by atoms with Gasteiger partial charge in [0, 0.05) is 0 Å². The van der Waals surface area contributed by atoms with Crippen LogP contribution in [0.2, 0.25) is 0 Å². The van der Waals surface area contributed by atoms with Crippen LogP contribution in [0.5, 0.6) is 0 Å². The number of halogens is 1. The highest BCUT2D eigenvalue weighted by molar-refractivity contribution is 7.89. The van der Waals surface area contributed by atoms with Crippen LogP contribution in [0.1, 0.15) is 0 Å². The van der Waals surface area contributed by atoms with Crippen molar-refractivity contribution in [3.8, 4) is 0 Å². The van der Waals surface area contributed by atoms with Crippen LogP contribution in [0.15, 0.2) is 23.2 Å². The Hall–Kier alpha value is -1.01. The van der Waals surface area contributed by atoms with Gasteiger partial charge in [0.2, 0.25) is 16.0 Å². The molecule has 0 amide bonds. The monoisotopic (exact) mass is 176 g/mol. The van der Waals surface area contributed by atoms with Gasteiger partial charge in [0.15, 0.2) is 0 Å². The van der Waals surface area contributed by atoms with E-state index in [9.17, 15) is 12.8 Å². The van der Waals surface area contributed by atoms with Crippen molar-refractivity contribution < 1.29 is 12.8 Å². The summed E-state index contributed by atoms with van der Waals surface area (Å²) in [5.41, 5.74) is 0. The second-order valence-corrected chi connectivity index (χ2v) is 3.42. The summed E-state index contributed by atoms with van der Waals surface area (Å²) in [6.07, 6.45) is 0.866. The van der Waals surface area contributed by atoms with E-state index < -0.39 is 16.0 Å². The molecule has 0 unspecified atom stereocenters. The van der Waals surface area contributed by atoms with Crippen LogP contribution in [0, 0.1) is 5.95 Å². The zero-order valence-corrected chi connectivity index (χ0v) is 6.18. The Kier molecular flexibility index (Phi) is 1.88. The van der Waals surface area contributed by atoms with Crippen molar-refractivity contribution in [2.45, 2.75) is 4.90 Å². The zero-order chi connectivity index (χ0) is 8.48. The first-order valence-corrected chi connectivity index (χ1v) is 4.19. The van der Waals surface area contributed by atoms with Crippen LogP contribution < -0.4 is 5.14 Å². The fraction of sp³-hybridized carbons (Fsp3) is 0. The topological polar surface area (TPSA) is 73.1 Å². The SMILES string of the molecule is NS(=O)(=O)c1ccc(F)nc1. The van der Waals surface area contributed by atoms with Gasteiger partial charge in [-0.3, -0.25) is 0 Å². The molecule has 1 heterocycles. The molecule has 2 N–H and O–H groups in total. The first-order valence-electron chi connectivity index (χ1n) is 2.64. The van der Waals surface area contributed by atoms with E-state index >= 15 is 0 Å². The molecule has 60 valence electrons. The summed E-state index contributed by atoms with van der Waals surface area (Å²) in [7, 11) is -3.75. The number of hydrogen-bond donors (Lipinski definition) is 1. The summed E-state index contributed by atoms with van der Waals surface area (Å²) in [5, 5.41) is 4.72. The molecule has 0 spiro atoms. The van der Waals surface area contributed by atoms with Crippen molar-refractivity contribution in [3.05, 3.63) is 24.3 Å². The van der Waals surface area contributed by atoms with E-state index in [1.807, 2.05) is 0 Å². The molecule has 0 aromatic carbocycles. The molecule has 0 saturated heterocycles. The van der Waals surface area contributed by atoms with E-state index in [1.165, 1.54) is 0 Å². The lowest BCUT2D eigenvalue weighted by atomic mass is 10.5. The van der Waals surface area contributed by atoms with Gasteiger partial charge >= 0.3 is 0 Å². The highest BCUT2D eigenvalue weighted by Gasteiger charge is 2.06. The van der Waals surface area contributed by atoms with Crippen molar-refractivity contribution in [1.29, 1.82) is 0 Å². The Bertz CT molecular complexity index is 345. The number of sulfonamides is 1. The molecule has 4 nitrogen and oxygen atoms in total. The Labute approximate surface area is 62.9 Å². The van der Waals surface area contributed by atoms with Crippen molar-refractivity contribution in [1.82, 2.24) is 4.98 Å². The zero-order valence-electron chi connectivity index (χ0n) is 5.36. The lowest BCUT2D eigenvalue weighted by Crippen LogP contribution is -2.12. The van der Waals surface area contributed by atoms with Gasteiger partial charge < -0.3 is 0 Å². The molecule has 1 rings (SSSR count). The van der Waals surface area contributed by atoms with Gasteiger partial charge in [-0.2, -0.15) is 4.39 Å². The third-order valence-corrected chi connectivity index (χ3v) is 1.93. The predicted octanol–water partition coefficient (Wildman–Crippen LogP) is -0.132. The molecule has 0 saturated carbocycles. The second kappa shape index (κ2) is 2.55. The lowest BCUT2D eigenvalue weighted by molar-refractivity contribution is 0.576. The molecule has 0 aliphatic heterocycles. The molecule has 0 fully saturated rings. The minimum atomic E-state index is -3.75. The van der Waals surface area contributed by atoms with E-state index in [0.717, 1.165) is 18.3 Å². The maximum Gasteiger partial charge on any atom is 0.239 e. The average molecular weight is 176 g/mol. The summed E-state index contributed by atoms with van der Waals surface area (Å²) in [5.74, 6) is -0.739. The summed E-state index contributed by atoms with van der Waals surface area (Å²) in [6, 6.07) is 1.98. The fourth-order valence-corrected chi connectivity index (χ4v) is 0.988. The van der Waals surface area contributed by atoms with Crippen molar-refractivity contribution in [2.24, 2.45) is 5.14 Å². The Morgan fingerprint density at radius 1 is 1.45 bits per heavy atom. The minimum absolute atomic E-state index is 0.195. The largest absolute Gasteiger partial charge is 0.239 e. The smallest absolute Gasteiger partial charge is 0.227 e. The minimum Gasteiger partial charge on any atom is -0.227 e. The molecule has 1 aromatic rings. The molecule has 0 bridgehead atoms. The van der Waals surface area contributed by atoms with Gasteiger partial charge in [-0.15, -0.1) is 0 Å². The van der Waals surface area contributed by atoms with Crippen LogP contribution in [-0.4, -0.2) is 13.4 Å². The average Bonchev–Trinajstić information content (AvgIpc) is 1.86. The maximum atomic E-state index is 12.1. The number of hydrogen-bond acceptors (Lipinski definition) is 3. The van der Waals surface area contributed by atoms with Gasteiger partial charge in [-0.05, 0) is 12.1 Å². The van der Waals surface area contributed by atoms with Gasteiger partial charge in [-0.1, -0.05) is 0 Å². The van der Waals surface area contributed by atoms with Crippen molar-refractivity contribution >= 4 is 10.0 Å². The van der Waals surface area contributed by atoms with E-state index in [4.69, 9.17) is 5.14 Å². The van der Waals surface area contributed by atoms with Crippen LogP contribution in [-0.2, 0) is 10.0 Å². The molecule has 11 heavy (non-hydrogen) atoms. The first-order chi connectivity index (χ1) is 5.00. The third-order valence-electron chi connectivity index (χ3n) is 1.03. The number of rotatable bonds is 1. The molecule has 6 heteroatoms. The van der Waals surface area contributed by atoms with E-state index in [-0.39, 0.29) is 4.90 Å². The summed E-state index contributed by atoms with van der Waals surface area (Å²) in [6.45, 7) is 0. The van der Waals surface area contributed by atoms with Gasteiger partial charge in [0.1, 0.15) is 4.90 Å². The Balaban J connectivity index is 3.20. The maximum absolute atomic E-state index is 12.1. The number of pyridine rings is 1. The standard InChI is InChI=1S/C5H5FN2O2S/c6-5-2-1-4(3-8-5)11(7,9)10/h1-3H,(H2,7,9,10). The Morgan fingerprint density at radius 2 is 2.09 bits per heavy atom. The number of nitrogens with zero attached hydrogens (tertiary/aromatic N) is 1. The van der Waals surface area contributed by atoms with Crippen LogP contribution >= 0.6 is 0 Å². The third kappa shape index (κ3) is 1.95. The van der Waals surface area contributed by atoms with Crippen LogP contribution in [0.25, 0.3) is 0 Å². The lowest BCUT2D eigenvalue weighted by Gasteiger charge is -1.94. The van der Waals surface area contributed by atoms with Crippen molar-refractivity contribution in [3.63, 3.8) is 0 Å². The molecule has 0 radical (unpaired) electrons. The molecular weight excluding hydrogens is 171 g/mol. The highest BCUT2D eigenvalue weighted by Crippen LogP contribution is 2.03. The highest BCUT2D eigenvalue weighted by atomic mass is 32.2. The molecular formula is C5H5FN2O2S. The van der Waals surface area contributed by atoms with Gasteiger partial charge in [0.25, 0.3) is 0 Å². The number of nitrogens with two attached hydrogens (primary N) is 1. The van der Waals surface area contributed by atoms with E-state index in [1.54, 1.807) is 0 Å². The molecule has 0 aliphatic carbocycles. The summed E-state index contributed by atoms with van der Waals surface area (Å²) < 4.78 is 33.2. The van der Waals surface area contributed by atoms with Crippen molar-refractivity contribution in [2.75, 3.05) is 0 Å². The summed E-state index contributed by atoms with van der Waals surface area (Å²) >= 11 is 0. The van der Waals surface area contributed by atoms with Crippen LogP contribution in [0.4, 0.5) is 4.39 Å². The quantitative estimate of drug-likeness (QED) is 0.605. The normalized spacial score (nSPS) is 11.5. The number of primary sulfonamides is 1. The first kappa shape index (κ1) is 8.09. The van der Waals surface area contributed by atoms with E-state index in [0.29, 0.717) is 0 Å². The van der Waals surface area contributed by atoms with Gasteiger partial charge in [-0.25, -0.2) is 18.5 Å². The molecule has 0 atom stereocenters. The fourth-order valence-electron chi connectivity index (χ4n) is 0.531. The molecule has 1 aromatic heterocycles. The molecule has 0 aliphatic rings. The second-order valence-electron chi connectivity index (χ2n) is 1.86. The summed E-state index contributed by atoms with van der Waals surface area (Å²) in [4.78, 5) is 2.92. The Morgan fingerprint density at radius 3 is 2.45 bits per heavy atom.